The Kier molecular flexibility index (Phi) is 3.13. The highest BCUT2D eigenvalue weighted by Gasteiger charge is 2.31. The molecule has 21 heavy (non-hydrogen) atoms. The number of benzene rings is 1. The van der Waals surface area contributed by atoms with E-state index in [1.54, 1.807) is 24.3 Å². The van der Waals surface area contributed by atoms with Crippen molar-refractivity contribution in [3.8, 4) is 0 Å². The third-order valence-corrected chi connectivity index (χ3v) is 3.36. The topological polar surface area (TPSA) is 85.1 Å². The molecule has 0 aromatic heterocycles. The standard InChI is InChI=1S/C14H17N3O4/c15-7-12-8-17(14(19)21-12)11-3-1-10(2-4-11)16-5-6-20-9-13(16)18/h1-4,12H,5-9,15H2/t12-/m0/s1/i5D2. The molecule has 1 atom stereocenters. The molecule has 3 rings (SSSR count). The van der Waals surface area contributed by atoms with Crippen molar-refractivity contribution in [2.45, 2.75) is 6.10 Å². The van der Waals surface area contributed by atoms with E-state index in [0.29, 0.717) is 17.9 Å². The number of nitrogens with two attached hydrogens (primary N) is 1. The first-order valence-electron chi connectivity index (χ1n) is 7.61. The van der Waals surface area contributed by atoms with Gasteiger partial charge in [-0.3, -0.25) is 9.69 Å². The van der Waals surface area contributed by atoms with E-state index >= 15 is 0 Å². The number of cyclic esters (lactones) is 1. The molecule has 112 valence electrons. The van der Waals surface area contributed by atoms with Gasteiger partial charge >= 0.3 is 6.09 Å². The Morgan fingerprint density at radius 2 is 1.90 bits per heavy atom. The fourth-order valence-corrected chi connectivity index (χ4v) is 2.27. The normalized spacial score (nSPS) is 26.4. The fourth-order valence-electron chi connectivity index (χ4n) is 2.27. The van der Waals surface area contributed by atoms with Crippen LogP contribution in [-0.4, -0.2) is 50.9 Å². The van der Waals surface area contributed by atoms with Crippen LogP contribution in [0.5, 0.6) is 0 Å². The lowest BCUT2D eigenvalue weighted by Gasteiger charge is -2.27. The Morgan fingerprint density at radius 1 is 1.24 bits per heavy atom. The van der Waals surface area contributed by atoms with Crippen molar-refractivity contribution in [2.75, 3.05) is 42.6 Å². The Hall–Kier alpha value is -2.12. The molecule has 2 fully saturated rings. The highest BCUT2D eigenvalue weighted by molar-refractivity contribution is 5.95. The van der Waals surface area contributed by atoms with Gasteiger partial charge in [0.2, 0.25) is 0 Å². The number of carbonyl (C=O) groups is 2. The van der Waals surface area contributed by atoms with Crippen LogP contribution in [-0.2, 0) is 14.3 Å². The summed E-state index contributed by atoms with van der Waals surface area (Å²) in [6, 6.07) is 6.49. The molecule has 2 heterocycles. The van der Waals surface area contributed by atoms with E-state index in [9.17, 15) is 9.59 Å². The molecule has 1 aromatic rings. The van der Waals surface area contributed by atoms with Gasteiger partial charge in [-0.05, 0) is 24.3 Å². The predicted molar refractivity (Wildman–Crippen MR) is 76.3 cm³/mol. The van der Waals surface area contributed by atoms with Crippen LogP contribution in [0, 0.1) is 0 Å². The lowest BCUT2D eigenvalue weighted by Crippen LogP contribution is -2.41. The third-order valence-electron chi connectivity index (χ3n) is 3.36. The Morgan fingerprint density at radius 3 is 2.48 bits per heavy atom. The molecular formula is C14H17N3O4. The summed E-state index contributed by atoms with van der Waals surface area (Å²) in [7, 11) is 0. The van der Waals surface area contributed by atoms with E-state index in [0.717, 1.165) is 4.90 Å². The zero-order valence-corrected chi connectivity index (χ0v) is 11.3. The van der Waals surface area contributed by atoms with E-state index in [2.05, 4.69) is 0 Å². The van der Waals surface area contributed by atoms with Crippen LogP contribution in [0.4, 0.5) is 16.2 Å². The molecule has 7 nitrogen and oxygen atoms in total. The summed E-state index contributed by atoms with van der Waals surface area (Å²) in [5, 5.41) is 0. The maximum absolute atomic E-state index is 11.9. The zero-order chi connectivity index (χ0) is 16.6. The number of nitrogens with zero attached hydrogens (tertiary/aromatic N) is 2. The largest absolute Gasteiger partial charge is 0.443 e. The number of hydrogen-bond donors (Lipinski definition) is 1. The molecule has 0 saturated carbocycles. The number of hydrogen-bond acceptors (Lipinski definition) is 5. The second-order valence-electron chi connectivity index (χ2n) is 4.75. The van der Waals surface area contributed by atoms with Gasteiger partial charge in [-0.15, -0.1) is 0 Å². The predicted octanol–water partition coefficient (Wildman–Crippen LogP) is 0.334. The van der Waals surface area contributed by atoms with E-state index in [-0.39, 0.29) is 25.9 Å². The van der Waals surface area contributed by atoms with Crippen LogP contribution in [0.25, 0.3) is 0 Å². The summed E-state index contributed by atoms with van der Waals surface area (Å²) in [5.41, 5.74) is 6.52. The number of amides is 2. The van der Waals surface area contributed by atoms with Crippen molar-refractivity contribution in [2.24, 2.45) is 5.73 Å². The summed E-state index contributed by atoms with van der Waals surface area (Å²) in [6.45, 7) is -1.63. The SMILES string of the molecule is [2H]C1([2H])COCC(=O)N1c1ccc(N2C[C@H](CN)OC2=O)cc1. The number of rotatable bonds is 3. The molecule has 7 heteroatoms. The molecule has 2 saturated heterocycles. The molecule has 1 aromatic carbocycles. The van der Waals surface area contributed by atoms with Crippen molar-refractivity contribution < 1.29 is 21.8 Å². The second kappa shape index (κ2) is 5.71. The smallest absolute Gasteiger partial charge is 0.414 e. The first-order chi connectivity index (χ1) is 10.9. The molecule has 0 bridgehead atoms. The maximum Gasteiger partial charge on any atom is 0.414 e. The molecule has 0 spiro atoms. The van der Waals surface area contributed by atoms with E-state index < -0.39 is 18.5 Å². The van der Waals surface area contributed by atoms with Gasteiger partial charge in [0.25, 0.3) is 5.91 Å². The van der Waals surface area contributed by atoms with Crippen molar-refractivity contribution in [1.82, 2.24) is 0 Å². The monoisotopic (exact) mass is 293 g/mol. The second-order valence-corrected chi connectivity index (χ2v) is 4.75. The quantitative estimate of drug-likeness (QED) is 0.868. The van der Waals surface area contributed by atoms with Gasteiger partial charge in [-0.25, -0.2) is 4.79 Å². The fraction of sp³-hybridized carbons (Fsp3) is 0.429. The van der Waals surface area contributed by atoms with Crippen LogP contribution in [0.3, 0.4) is 0 Å². The van der Waals surface area contributed by atoms with Gasteiger partial charge in [0, 0.05) is 24.4 Å². The molecule has 2 aliphatic heterocycles. The summed E-state index contributed by atoms with van der Waals surface area (Å²) in [5.74, 6) is -0.447. The van der Waals surface area contributed by atoms with Crippen LogP contribution >= 0.6 is 0 Å². The molecule has 2 N–H and O–H groups in total. The number of anilines is 2. The average Bonchev–Trinajstić information content (AvgIpc) is 2.88. The van der Waals surface area contributed by atoms with Gasteiger partial charge in [0.15, 0.2) is 0 Å². The van der Waals surface area contributed by atoms with Gasteiger partial charge < -0.3 is 20.1 Å². The molecule has 0 radical (unpaired) electrons. The lowest BCUT2D eigenvalue weighted by molar-refractivity contribution is -0.125. The Labute approximate surface area is 125 Å². The minimum absolute atomic E-state index is 0.155. The zero-order valence-electron chi connectivity index (χ0n) is 13.3. The Bertz CT molecular complexity index is 623. The van der Waals surface area contributed by atoms with Crippen LogP contribution in [0.1, 0.15) is 2.74 Å². The van der Waals surface area contributed by atoms with Gasteiger partial charge in [-0.1, -0.05) is 0 Å². The first-order valence-corrected chi connectivity index (χ1v) is 6.61. The highest BCUT2D eigenvalue weighted by Crippen LogP contribution is 2.25. The number of carbonyl (C=O) groups excluding carboxylic acids is 2. The van der Waals surface area contributed by atoms with Crippen molar-refractivity contribution in [3.05, 3.63) is 24.3 Å². The third kappa shape index (κ3) is 2.70. The van der Waals surface area contributed by atoms with Crippen LogP contribution in [0.2, 0.25) is 0 Å². The van der Waals surface area contributed by atoms with Crippen molar-refractivity contribution in [1.29, 1.82) is 0 Å². The molecule has 0 aliphatic carbocycles. The van der Waals surface area contributed by atoms with Gasteiger partial charge in [-0.2, -0.15) is 0 Å². The van der Waals surface area contributed by atoms with Crippen LogP contribution in [0.15, 0.2) is 24.3 Å². The molecule has 2 aliphatic rings. The van der Waals surface area contributed by atoms with E-state index in [1.165, 1.54) is 4.90 Å². The minimum Gasteiger partial charge on any atom is -0.443 e. The van der Waals surface area contributed by atoms with Gasteiger partial charge in [0.1, 0.15) is 12.7 Å². The summed E-state index contributed by atoms with van der Waals surface area (Å²) in [4.78, 5) is 26.3. The first kappa shape index (κ1) is 11.5. The lowest BCUT2D eigenvalue weighted by atomic mass is 10.2. The van der Waals surface area contributed by atoms with E-state index in [4.69, 9.17) is 17.9 Å². The van der Waals surface area contributed by atoms with Crippen molar-refractivity contribution >= 4 is 23.4 Å². The summed E-state index contributed by atoms with van der Waals surface area (Å²) >= 11 is 0. The van der Waals surface area contributed by atoms with E-state index in [1.807, 2.05) is 0 Å². The average molecular weight is 293 g/mol. The molecule has 0 unspecified atom stereocenters. The number of ether oxygens (including phenoxy) is 2. The Balaban J connectivity index is 1.82. The molecule has 2 amide bonds. The van der Waals surface area contributed by atoms with Crippen molar-refractivity contribution in [3.63, 3.8) is 0 Å². The maximum atomic E-state index is 11.9. The summed E-state index contributed by atoms with van der Waals surface area (Å²) in [6.07, 6.45) is -0.803. The molecular weight excluding hydrogens is 274 g/mol. The number of morpholine rings is 1. The summed E-state index contributed by atoms with van der Waals surface area (Å²) < 4.78 is 25.8. The van der Waals surface area contributed by atoms with Gasteiger partial charge in [0.05, 0.1) is 15.9 Å². The minimum atomic E-state index is -1.91. The highest BCUT2D eigenvalue weighted by atomic mass is 16.6. The van der Waals surface area contributed by atoms with Crippen LogP contribution < -0.4 is 15.5 Å².